The smallest absolute Gasteiger partial charge is 0.256 e. The van der Waals surface area contributed by atoms with Gasteiger partial charge in [0.2, 0.25) is 5.91 Å². The molecule has 5 heteroatoms. The lowest BCUT2D eigenvalue weighted by Crippen LogP contribution is -2.53. The number of nitrogens with zero attached hydrogens (tertiary/aromatic N) is 2. The molecule has 1 aromatic rings. The van der Waals surface area contributed by atoms with E-state index < -0.39 is 6.04 Å². The van der Waals surface area contributed by atoms with Crippen LogP contribution in [0.1, 0.15) is 69.2 Å². The standard InChI is InChI=1S/C21H28N2O3/c1-3-5-10-15(4-2)19(24)23-17-12-7-6-11-16(17)20(25)22-14-9-8-13-18(22)21(23)26/h6-7,11-12,15,18H,3-5,8-10,13-14H2,1-2H3. The summed E-state index contributed by atoms with van der Waals surface area (Å²) in [5.41, 5.74) is 0.917. The molecule has 140 valence electrons. The molecule has 0 spiro atoms. The number of carbonyl (C=O) groups excluding carboxylic acids is 3. The highest BCUT2D eigenvalue weighted by Gasteiger charge is 2.43. The minimum Gasteiger partial charge on any atom is -0.327 e. The third-order valence-corrected chi connectivity index (χ3v) is 5.61. The first-order chi connectivity index (χ1) is 12.6. The van der Waals surface area contributed by atoms with Crippen molar-refractivity contribution in [1.29, 1.82) is 0 Å². The Morgan fingerprint density at radius 2 is 1.96 bits per heavy atom. The van der Waals surface area contributed by atoms with E-state index in [0.717, 1.165) is 32.1 Å². The fraction of sp³-hybridized carbons (Fsp3) is 0.571. The van der Waals surface area contributed by atoms with E-state index >= 15 is 0 Å². The lowest BCUT2D eigenvalue weighted by Gasteiger charge is -2.34. The molecule has 2 aliphatic heterocycles. The molecule has 0 radical (unpaired) electrons. The maximum atomic E-state index is 13.3. The second kappa shape index (κ2) is 8.02. The van der Waals surface area contributed by atoms with E-state index in [-0.39, 0.29) is 23.6 Å². The Kier molecular flexibility index (Phi) is 5.74. The van der Waals surface area contributed by atoms with Crippen molar-refractivity contribution in [3.63, 3.8) is 0 Å². The molecule has 2 unspecified atom stereocenters. The minimum absolute atomic E-state index is 0.129. The highest BCUT2D eigenvalue weighted by atomic mass is 16.2. The third kappa shape index (κ3) is 3.27. The van der Waals surface area contributed by atoms with Gasteiger partial charge in [-0.15, -0.1) is 0 Å². The Morgan fingerprint density at radius 1 is 1.19 bits per heavy atom. The van der Waals surface area contributed by atoms with Crippen molar-refractivity contribution < 1.29 is 14.4 Å². The zero-order valence-corrected chi connectivity index (χ0v) is 15.7. The molecule has 0 aromatic heterocycles. The van der Waals surface area contributed by atoms with Gasteiger partial charge >= 0.3 is 0 Å². The van der Waals surface area contributed by atoms with Gasteiger partial charge in [-0.05, 0) is 44.2 Å². The van der Waals surface area contributed by atoms with E-state index in [1.807, 2.05) is 6.92 Å². The second-order valence-electron chi connectivity index (χ2n) is 7.29. The van der Waals surface area contributed by atoms with Crippen LogP contribution in [0.15, 0.2) is 24.3 Å². The monoisotopic (exact) mass is 356 g/mol. The molecule has 1 saturated heterocycles. The van der Waals surface area contributed by atoms with Gasteiger partial charge < -0.3 is 4.90 Å². The number of amides is 3. The van der Waals surface area contributed by atoms with E-state index in [2.05, 4.69) is 6.92 Å². The van der Waals surface area contributed by atoms with Gasteiger partial charge in [0.15, 0.2) is 0 Å². The summed E-state index contributed by atoms with van der Waals surface area (Å²) >= 11 is 0. The summed E-state index contributed by atoms with van der Waals surface area (Å²) in [7, 11) is 0. The van der Waals surface area contributed by atoms with Gasteiger partial charge in [0.1, 0.15) is 6.04 Å². The summed E-state index contributed by atoms with van der Waals surface area (Å²) < 4.78 is 0. The number of hydrogen-bond acceptors (Lipinski definition) is 3. The van der Waals surface area contributed by atoms with E-state index in [4.69, 9.17) is 0 Å². The lowest BCUT2D eigenvalue weighted by atomic mass is 9.96. The molecule has 2 aliphatic rings. The molecule has 5 nitrogen and oxygen atoms in total. The summed E-state index contributed by atoms with van der Waals surface area (Å²) in [6.07, 6.45) is 5.90. The van der Waals surface area contributed by atoms with Crippen LogP contribution >= 0.6 is 0 Å². The van der Waals surface area contributed by atoms with Crippen molar-refractivity contribution in [1.82, 2.24) is 4.90 Å². The first-order valence-corrected chi connectivity index (χ1v) is 9.87. The summed E-state index contributed by atoms with van der Waals surface area (Å²) in [4.78, 5) is 42.7. The SMILES string of the molecule is CCCCC(CC)C(=O)N1C(=O)C2CCCCN2C(=O)c2ccccc21. The highest BCUT2D eigenvalue weighted by Crippen LogP contribution is 2.33. The van der Waals surface area contributed by atoms with Crippen LogP contribution in [0.5, 0.6) is 0 Å². The zero-order chi connectivity index (χ0) is 18.7. The fourth-order valence-corrected chi connectivity index (χ4v) is 4.07. The van der Waals surface area contributed by atoms with Crippen molar-refractivity contribution in [3.8, 4) is 0 Å². The van der Waals surface area contributed by atoms with E-state index in [1.165, 1.54) is 4.90 Å². The number of piperidine rings is 1. The summed E-state index contributed by atoms with van der Waals surface area (Å²) in [6, 6.07) is 6.53. The zero-order valence-electron chi connectivity index (χ0n) is 15.7. The van der Waals surface area contributed by atoms with E-state index in [1.54, 1.807) is 29.2 Å². The Bertz CT molecular complexity index is 700. The average Bonchev–Trinajstić information content (AvgIpc) is 2.77. The van der Waals surface area contributed by atoms with Gasteiger partial charge in [0.05, 0.1) is 11.3 Å². The maximum Gasteiger partial charge on any atom is 0.256 e. The van der Waals surface area contributed by atoms with E-state index in [9.17, 15) is 14.4 Å². The third-order valence-electron chi connectivity index (χ3n) is 5.61. The molecule has 2 heterocycles. The van der Waals surface area contributed by atoms with Crippen LogP contribution in [0.2, 0.25) is 0 Å². The quantitative estimate of drug-likeness (QED) is 0.807. The number of imide groups is 1. The van der Waals surface area contributed by atoms with Gasteiger partial charge in [0, 0.05) is 12.5 Å². The molecular weight excluding hydrogens is 328 g/mol. The number of hydrogen-bond donors (Lipinski definition) is 0. The van der Waals surface area contributed by atoms with Crippen LogP contribution in [-0.2, 0) is 9.59 Å². The normalized spacial score (nSPS) is 21.1. The Labute approximate surface area is 155 Å². The molecule has 0 bridgehead atoms. The van der Waals surface area contributed by atoms with Crippen molar-refractivity contribution in [2.75, 3.05) is 11.4 Å². The van der Waals surface area contributed by atoms with Crippen molar-refractivity contribution >= 4 is 23.4 Å². The van der Waals surface area contributed by atoms with Crippen molar-refractivity contribution in [3.05, 3.63) is 29.8 Å². The van der Waals surface area contributed by atoms with Crippen LogP contribution in [0.3, 0.4) is 0 Å². The highest BCUT2D eigenvalue weighted by molar-refractivity contribution is 6.22. The minimum atomic E-state index is -0.517. The molecule has 0 saturated carbocycles. The van der Waals surface area contributed by atoms with E-state index in [0.29, 0.717) is 30.6 Å². The first-order valence-electron chi connectivity index (χ1n) is 9.87. The van der Waals surface area contributed by atoms with Crippen molar-refractivity contribution in [2.24, 2.45) is 5.92 Å². The van der Waals surface area contributed by atoms with Crippen LogP contribution in [-0.4, -0.2) is 35.2 Å². The molecule has 2 atom stereocenters. The summed E-state index contributed by atoms with van der Waals surface area (Å²) in [5.74, 6) is -0.700. The Hall–Kier alpha value is -2.17. The predicted octanol–water partition coefficient (Wildman–Crippen LogP) is 3.77. The molecule has 1 aromatic carbocycles. The molecule has 3 rings (SSSR count). The average molecular weight is 356 g/mol. The molecule has 0 aliphatic carbocycles. The number of para-hydroxylation sites is 1. The predicted molar refractivity (Wildman–Crippen MR) is 101 cm³/mol. The lowest BCUT2D eigenvalue weighted by molar-refractivity contribution is -0.131. The van der Waals surface area contributed by atoms with Gasteiger partial charge in [0.25, 0.3) is 11.8 Å². The number of unbranched alkanes of at least 4 members (excludes halogenated alkanes) is 1. The van der Waals surface area contributed by atoms with Gasteiger partial charge in [-0.2, -0.15) is 0 Å². The van der Waals surface area contributed by atoms with Crippen LogP contribution < -0.4 is 4.90 Å². The number of fused-ring (bicyclic) bond motifs is 2. The molecule has 26 heavy (non-hydrogen) atoms. The first kappa shape index (κ1) is 18.6. The van der Waals surface area contributed by atoms with Crippen LogP contribution in [0.25, 0.3) is 0 Å². The van der Waals surface area contributed by atoms with Crippen molar-refractivity contribution in [2.45, 2.75) is 64.8 Å². The maximum absolute atomic E-state index is 13.3. The van der Waals surface area contributed by atoms with Gasteiger partial charge in [-0.1, -0.05) is 38.8 Å². The molecular formula is C21H28N2O3. The topological polar surface area (TPSA) is 57.7 Å². The van der Waals surface area contributed by atoms with Gasteiger partial charge in [-0.25, -0.2) is 4.90 Å². The largest absolute Gasteiger partial charge is 0.327 e. The molecule has 3 amide bonds. The molecule has 0 N–H and O–H groups in total. The number of carbonyl (C=O) groups is 3. The second-order valence-corrected chi connectivity index (χ2v) is 7.29. The number of anilines is 1. The number of rotatable bonds is 5. The Morgan fingerprint density at radius 3 is 2.69 bits per heavy atom. The van der Waals surface area contributed by atoms with Gasteiger partial charge in [-0.3, -0.25) is 14.4 Å². The number of benzene rings is 1. The van der Waals surface area contributed by atoms with Crippen LogP contribution in [0.4, 0.5) is 5.69 Å². The summed E-state index contributed by atoms with van der Waals surface area (Å²) in [5, 5.41) is 0. The summed E-state index contributed by atoms with van der Waals surface area (Å²) in [6.45, 7) is 4.67. The Balaban J connectivity index is 2.04. The van der Waals surface area contributed by atoms with Crippen LogP contribution in [0, 0.1) is 5.92 Å². The molecule has 1 fully saturated rings. The fourth-order valence-electron chi connectivity index (χ4n) is 4.07.